The Morgan fingerprint density at radius 2 is 2.09 bits per heavy atom. The van der Waals surface area contributed by atoms with Gasteiger partial charge < -0.3 is 16.2 Å². The lowest BCUT2D eigenvalue weighted by Crippen LogP contribution is -2.15. The first-order valence-electron chi connectivity index (χ1n) is 10.9. The Morgan fingerprint density at radius 1 is 1.31 bits per heavy atom. The van der Waals surface area contributed by atoms with Crippen LogP contribution in [0.4, 0.5) is 11.6 Å². The molecule has 0 bridgehead atoms. The van der Waals surface area contributed by atoms with Crippen LogP contribution in [0.2, 0.25) is 0 Å². The van der Waals surface area contributed by atoms with Gasteiger partial charge in [-0.2, -0.15) is 5.26 Å². The lowest BCUT2D eigenvalue weighted by atomic mass is 9.91. The normalized spacial score (nSPS) is 17.2. The molecule has 0 aliphatic heterocycles. The predicted octanol–water partition coefficient (Wildman–Crippen LogP) is 3.91. The zero-order chi connectivity index (χ0) is 22.8. The molecule has 7 nitrogen and oxygen atoms in total. The molecule has 1 aromatic carbocycles. The van der Waals surface area contributed by atoms with Crippen molar-refractivity contribution in [2.75, 3.05) is 17.7 Å². The molecular formula is C25H27N5O2. The van der Waals surface area contributed by atoms with Gasteiger partial charge in [0.15, 0.2) is 0 Å². The molecule has 1 amide bonds. The Bertz CT molecular complexity index is 1230. The number of aliphatic hydroxyl groups excluding tert-OH is 1. The maximum atomic E-state index is 12.5. The van der Waals surface area contributed by atoms with E-state index in [2.05, 4.69) is 40.4 Å². The Balaban J connectivity index is 1.70. The van der Waals surface area contributed by atoms with Crippen molar-refractivity contribution in [1.82, 2.24) is 9.97 Å². The van der Waals surface area contributed by atoms with Crippen LogP contribution in [-0.4, -0.2) is 27.6 Å². The fourth-order valence-corrected chi connectivity index (χ4v) is 4.30. The number of carbonyl (C=O) groups excluding carboxylic acids is 1. The fraction of sp³-hybridized carbons (Fsp3) is 0.360. The summed E-state index contributed by atoms with van der Waals surface area (Å²) in [5.41, 5.74) is 11.5. The number of aryl methyl sites for hydroxylation is 2. The number of amides is 1. The highest BCUT2D eigenvalue weighted by Crippen LogP contribution is 2.41. The van der Waals surface area contributed by atoms with E-state index in [4.69, 9.17) is 11.0 Å². The molecule has 7 heteroatoms. The minimum absolute atomic E-state index is 0.0971. The molecule has 0 unspecified atom stereocenters. The van der Waals surface area contributed by atoms with E-state index in [0.29, 0.717) is 24.5 Å². The maximum Gasteiger partial charge on any atom is 0.228 e. The summed E-state index contributed by atoms with van der Waals surface area (Å²) < 4.78 is 0. The zero-order valence-corrected chi connectivity index (χ0v) is 18.4. The number of nitrogen functional groups attached to an aromatic ring is 1. The molecule has 1 aliphatic carbocycles. The van der Waals surface area contributed by atoms with Crippen molar-refractivity contribution >= 4 is 28.3 Å². The minimum atomic E-state index is -0.116. The van der Waals surface area contributed by atoms with E-state index in [-0.39, 0.29) is 24.3 Å². The molecule has 4 N–H and O–H groups in total. The van der Waals surface area contributed by atoms with Crippen molar-refractivity contribution in [3.8, 4) is 17.3 Å². The number of carbonyl (C=O) groups is 1. The van der Waals surface area contributed by atoms with Crippen LogP contribution in [0.3, 0.4) is 0 Å². The third-order valence-electron chi connectivity index (χ3n) is 6.21. The monoisotopic (exact) mass is 429 g/mol. The van der Waals surface area contributed by atoms with Crippen molar-refractivity contribution in [2.24, 2.45) is 11.8 Å². The number of nitrogens with zero attached hydrogens (tertiary/aromatic N) is 3. The number of aliphatic hydroxyl groups is 1. The SMILES string of the molecule is Cc1ccc(C)c(-c2cc3cc(NC(=O)[C@H]4C[C@@H]4CC#N)ncc3c(N)n2)c1CCCO. The molecular weight excluding hydrogens is 402 g/mol. The van der Waals surface area contributed by atoms with Gasteiger partial charge in [-0.05, 0) is 73.2 Å². The smallest absolute Gasteiger partial charge is 0.228 e. The topological polar surface area (TPSA) is 125 Å². The number of nitrogens with one attached hydrogen (secondary N) is 1. The van der Waals surface area contributed by atoms with Gasteiger partial charge in [0, 0.05) is 36.1 Å². The van der Waals surface area contributed by atoms with Gasteiger partial charge in [-0.3, -0.25) is 4.79 Å². The van der Waals surface area contributed by atoms with Crippen LogP contribution in [0, 0.1) is 37.0 Å². The van der Waals surface area contributed by atoms with Crippen LogP contribution in [0.5, 0.6) is 0 Å². The van der Waals surface area contributed by atoms with Crippen LogP contribution >= 0.6 is 0 Å². The zero-order valence-electron chi connectivity index (χ0n) is 18.4. The summed E-state index contributed by atoms with van der Waals surface area (Å²) in [7, 11) is 0. The number of aromatic nitrogens is 2. The van der Waals surface area contributed by atoms with Gasteiger partial charge in [0.2, 0.25) is 5.91 Å². The van der Waals surface area contributed by atoms with E-state index in [1.54, 1.807) is 6.20 Å². The van der Waals surface area contributed by atoms with E-state index >= 15 is 0 Å². The van der Waals surface area contributed by atoms with Crippen molar-refractivity contribution in [3.05, 3.63) is 47.2 Å². The molecule has 2 aromatic heterocycles. The molecule has 4 rings (SSSR count). The van der Waals surface area contributed by atoms with Gasteiger partial charge in [-0.1, -0.05) is 12.1 Å². The second-order valence-corrected chi connectivity index (χ2v) is 8.52. The summed E-state index contributed by atoms with van der Waals surface area (Å²) >= 11 is 0. The van der Waals surface area contributed by atoms with Crippen molar-refractivity contribution < 1.29 is 9.90 Å². The Morgan fingerprint density at radius 3 is 2.84 bits per heavy atom. The van der Waals surface area contributed by atoms with E-state index < -0.39 is 0 Å². The Kier molecular flexibility index (Phi) is 6.06. The Labute approximate surface area is 187 Å². The number of nitrogens with two attached hydrogens (primary N) is 1. The summed E-state index contributed by atoms with van der Waals surface area (Å²) in [5, 5.41) is 22.6. The number of hydrogen-bond donors (Lipinski definition) is 3. The van der Waals surface area contributed by atoms with Gasteiger partial charge in [0.25, 0.3) is 0 Å². The molecule has 2 heterocycles. The summed E-state index contributed by atoms with van der Waals surface area (Å²) in [4.78, 5) is 21.5. The third-order valence-corrected chi connectivity index (χ3v) is 6.21. The van der Waals surface area contributed by atoms with E-state index in [1.807, 2.05) is 19.1 Å². The molecule has 0 radical (unpaired) electrons. The van der Waals surface area contributed by atoms with Gasteiger partial charge in [-0.15, -0.1) is 0 Å². The largest absolute Gasteiger partial charge is 0.396 e. The lowest BCUT2D eigenvalue weighted by molar-refractivity contribution is -0.117. The second-order valence-electron chi connectivity index (χ2n) is 8.52. The highest BCUT2D eigenvalue weighted by atomic mass is 16.2. The first-order valence-corrected chi connectivity index (χ1v) is 10.9. The standard InChI is InChI=1S/C25H27N5O2/c1-14-5-6-15(2)23(18(14)4-3-9-31)21-11-17-12-22(28-13-20(17)24(27)29-21)30-25(32)19-10-16(19)7-8-26/h5-6,11-13,16,19,31H,3-4,7,9-10H2,1-2H3,(H2,27,29)(H,28,30,32)/t16-,19-/m0/s1. The summed E-state index contributed by atoms with van der Waals surface area (Å²) in [5.74, 6) is 0.777. The van der Waals surface area contributed by atoms with Crippen LogP contribution in [-0.2, 0) is 11.2 Å². The number of fused-ring (bicyclic) bond motifs is 1. The second kappa shape index (κ2) is 8.93. The average molecular weight is 430 g/mol. The van der Waals surface area contributed by atoms with Gasteiger partial charge in [0.1, 0.15) is 11.6 Å². The maximum absolute atomic E-state index is 12.5. The number of nitriles is 1. The number of hydrogen-bond acceptors (Lipinski definition) is 6. The number of rotatable bonds is 7. The first-order chi connectivity index (χ1) is 15.4. The third kappa shape index (κ3) is 4.27. The van der Waals surface area contributed by atoms with Gasteiger partial charge >= 0.3 is 0 Å². The highest BCUT2D eigenvalue weighted by molar-refractivity contribution is 5.98. The van der Waals surface area contributed by atoms with E-state index in [0.717, 1.165) is 51.6 Å². The molecule has 2 atom stereocenters. The molecule has 3 aromatic rings. The number of pyridine rings is 2. The number of benzene rings is 1. The lowest BCUT2D eigenvalue weighted by Gasteiger charge is -2.16. The van der Waals surface area contributed by atoms with Gasteiger partial charge in [-0.25, -0.2) is 9.97 Å². The van der Waals surface area contributed by atoms with Gasteiger partial charge in [0.05, 0.1) is 11.8 Å². The fourth-order valence-electron chi connectivity index (χ4n) is 4.30. The van der Waals surface area contributed by atoms with E-state index in [9.17, 15) is 9.90 Å². The number of anilines is 2. The van der Waals surface area contributed by atoms with Crippen molar-refractivity contribution in [2.45, 2.75) is 39.5 Å². The molecule has 1 aliphatic rings. The predicted molar refractivity (Wildman–Crippen MR) is 125 cm³/mol. The van der Waals surface area contributed by atoms with Crippen LogP contribution in [0.25, 0.3) is 22.0 Å². The van der Waals surface area contributed by atoms with Crippen LogP contribution < -0.4 is 11.1 Å². The summed E-state index contributed by atoms with van der Waals surface area (Å²) in [6.45, 7) is 4.24. The first kappa shape index (κ1) is 21.7. The van der Waals surface area contributed by atoms with Crippen LogP contribution in [0.15, 0.2) is 30.5 Å². The molecule has 32 heavy (non-hydrogen) atoms. The van der Waals surface area contributed by atoms with Crippen LogP contribution in [0.1, 0.15) is 36.0 Å². The quantitative estimate of drug-likeness (QED) is 0.523. The molecule has 0 spiro atoms. The van der Waals surface area contributed by atoms with E-state index in [1.165, 1.54) is 0 Å². The molecule has 1 fully saturated rings. The highest BCUT2D eigenvalue weighted by Gasteiger charge is 2.42. The Hall–Kier alpha value is -3.50. The van der Waals surface area contributed by atoms with Crippen molar-refractivity contribution in [1.29, 1.82) is 5.26 Å². The average Bonchev–Trinajstić information content (AvgIpc) is 3.53. The summed E-state index contributed by atoms with van der Waals surface area (Å²) in [6, 6.07) is 10.1. The molecule has 164 valence electrons. The molecule has 0 saturated heterocycles. The molecule has 1 saturated carbocycles. The summed E-state index contributed by atoms with van der Waals surface area (Å²) in [6.07, 6.45) is 4.21. The van der Waals surface area contributed by atoms with Crippen molar-refractivity contribution in [3.63, 3.8) is 0 Å². The minimum Gasteiger partial charge on any atom is -0.396 e.